The minimum Gasteiger partial charge on any atom is -0.301 e. The molecule has 0 saturated heterocycles. The van der Waals surface area contributed by atoms with E-state index in [0.29, 0.717) is 17.0 Å². The first-order valence-corrected chi connectivity index (χ1v) is 3.76. The van der Waals surface area contributed by atoms with Gasteiger partial charge in [0.1, 0.15) is 16.8 Å². The average Bonchev–Trinajstić information content (AvgIpc) is 2.05. The number of aldehydes is 1. The van der Waals surface area contributed by atoms with E-state index in [9.17, 15) is 4.79 Å². The highest BCUT2D eigenvalue weighted by molar-refractivity contribution is 6.29. The molecule has 0 spiro atoms. The van der Waals surface area contributed by atoms with Crippen LogP contribution in [0, 0.1) is 0 Å². The van der Waals surface area contributed by atoms with Crippen LogP contribution in [0.3, 0.4) is 0 Å². The fourth-order valence-electron chi connectivity index (χ4n) is 0.629. The van der Waals surface area contributed by atoms with Gasteiger partial charge in [-0.2, -0.15) is 0 Å². The number of carbonyl (C=O) groups is 1. The van der Waals surface area contributed by atoms with E-state index in [-0.39, 0.29) is 0 Å². The van der Waals surface area contributed by atoms with Crippen LogP contribution in [0.15, 0.2) is 18.3 Å². The Hall–Kier alpha value is -0.600. The van der Waals surface area contributed by atoms with Gasteiger partial charge in [0.25, 0.3) is 0 Å². The number of carbonyl (C=O) groups excluding carboxylic acids is 1. The van der Waals surface area contributed by atoms with E-state index in [1.54, 1.807) is 12.1 Å². The maximum Gasteiger partial charge on any atom is 0.142 e. The fraction of sp³-hybridized carbons (Fsp3) is 0.143. The number of hydrogen-bond acceptors (Lipinski definition) is 2. The number of hydrogen-bond donors (Lipinski definition) is 0. The highest BCUT2D eigenvalue weighted by atomic mass is 35.5. The second-order valence-corrected chi connectivity index (χ2v) is 2.81. The van der Waals surface area contributed by atoms with E-state index < -0.39 is 5.38 Å². The average molecular weight is 190 g/mol. The van der Waals surface area contributed by atoms with Gasteiger partial charge in [0.15, 0.2) is 0 Å². The number of halogens is 2. The molecule has 0 aliphatic carbocycles. The molecule has 1 atom stereocenters. The lowest BCUT2D eigenvalue weighted by Crippen LogP contribution is -1.91. The summed E-state index contributed by atoms with van der Waals surface area (Å²) in [6, 6.07) is 3.26. The predicted molar refractivity (Wildman–Crippen MR) is 43.9 cm³/mol. The molecule has 0 N–H and O–H groups in total. The molecule has 0 fully saturated rings. The quantitative estimate of drug-likeness (QED) is 0.406. The van der Waals surface area contributed by atoms with Gasteiger partial charge in [-0.1, -0.05) is 17.7 Å². The molecular weight excluding hydrogens is 185 g/mol. The number of nitrogens with zero attached hydrogens (tertiary/aromatic N) is 1. The largest absolute Gasteiger partial charge is 0.301 e. The Morgan fingerprint density at radius 2 is 2.27 bits per heavy atom. The molecular formula is C7H5Cl2NO. The molecule has 1 aromatic heterocycles. The van der Waals surface area contributed by atoms with Crippen molar-refractivity contribution in [3.05, 3.63) is 29.0 Å². The first-order chi connectivity index (χ1) is 5.24. The third-order valence-corrected chi connectivity index (χ3v) is 1.77. The van der Waals surface area contributed by atoms with Crippen LogP contribution in [0.1, 0.15) is 10.9 Å². The molecule has 58 valence electrons. The summed E-state index contributed by atoms with van der Waals surface area (Å²) in [5.74, 6) is 0. The maximum absolute atomic E-state index is 10.2. The zero-order valence-corrected chi connectivity index (χ0v) is 7.01. The first kappa shape index (κ1) is 8.50. The van der Waals surface area contributed by atoms with E-state index >= 15 is 0 Å². The smallest absolute Gasteiger partial charge is 0.142 e. The topological polar surface area (TPSA) is 30.0 Å². The van der Waals surface area contributed by atoms with E-state index in [1.807, 2.05) is 0 Å². The normalized spacial score (nSPS) is 12.5. The van der Waals surface area contributed by atoms with Gasteiger partial charge in [-0.25, -0.2) is 4.98 Å². The highest BCUT2D eigenvalue weighted by Crippen LogP contribution is 2.17. The molecule has 11 heavy (non-hydrogen) atoms. The number of aromatic nitrogens is 1. The molecule has 0 amide bonds. The third kappa shape index (κ3) is 2.17. The van der Waals surface area contributed by atoms with Gasteiger partial charge in [0, 0.05) is 6.20 Å². The van der Waals surface area contributed by atoms with Crippen molar-refractivity contribution in [1.29, 1.82) is 0 Å². The van der Waals surface area contributed by atoms with E-state index in [0.717, 1.165) is 0 Å². The summed E-state index contributed by atoms with van der Waals surface area (Å²) < 4.78 is 0. The highest BCUT2D eigenvalue weighted by Gasteiger charge is 2.04. The van der Waals surface area contributed by atoms with Crippen molar-refractivity contribution in [3.63, 3.8) is 0 Å². The Bertz CT molecular complexity index is 247. The van der Waals surface area contributed by atoms with Gasteiger partial charge in [0.05, 0.1) is 0 Å². The molecule has 0 aromatic carbocycles. The van der Waals surface area contributed by atoms with Gasteiger partial charge in [-0.15, -0.1) is 11.6 Å². The molecule has 1 unspecified atom stereocenters. The van der Waals surface area contributed by atoms with Gasteiger partial charge in [-0.3, -0.25) is 0 Å². The third-order valence-electron chi connectivity index (χ3n) is 1.19. The monoisotopic (exact) mass is 189 g/mol. The van der Waals surface area contributed by atoms with Crippen molar-refractivity contribution in [1.82, 2.24) is 4.98 Å². The molecule has 2 nitrogen and oxygen atoms in total. The van der Waals surface area contributed by atoms with Gasteiger partial charge < -0.3 is 4.79 Å². The van der Waals surface area contributed by atoms with E-state index in [1.165, 1.54) is 6.20 Å². The lowest BCUT2D eigenvalue weighted by Gasteiger charge is -1.99. The van der Waals surface area contributed by atoms with Crippen LogP contribution in [0.5, 0.6) is 0 Å². The maximum atomic E-state index is 10.2. The van der Waals surface area contributed by atoms with Crippen LogP contribution in [0.4, 0.5) is 0 Å². The van der Waals surface area contributed by atoms with Crippen molar-refractivity contribution in [2.45, 2.75) is 5.38 Å². The van der Waals surface area contributed by atoms with Crippen molar-refractivity contribution in [2.75, 3.05) is 0 Å². The van der Waals surface area contributed by atoms with E-state index in [4.69, 9.17) is 23.2 Å². The minimum atomic E-state index is -0.625. The molecule has 0 aliphatic rings. The number of rotatable bonds is 2. The summed E-state index contributed by atoms with van der Waals surface area (Å²) in [7, 11) is 0. The summed E-state index contributed by atoms with van der Waals surface area (Å²) in [5, 5.41) is -0.233. The summed E-state index contributed by atoms with van der Waals surface area (Å²) in [6.07, 6.45) is 2.13. The Labute approximate surface area is 74.1 Å². The molecule has 0 bridgehead atoms. The molecule has 1 aromatic rings. The van der Waals surface area contributed by atoms with Crippen molar-refractivity contribution < 1.29 is 4.79 Å². The van der Waals surface area contributed by atoms with Gasteiger partial charge >= 0.3 is 0 Å². The van der Waals surface area contributed by atoms with Gasteiger partial charge in [0.2, 0.25) is 0 Å². The van der Waals surface area contributed by atoms with Crippen LogP contribution < -0.4 is 0 Å². The lowest BCUT2D eigenvalue weighted by molar-refractivity contribution is -0.107. The lowest BCUT2D eigenvalue weighted by atomic mass is 10.2. The van der Waals surface area contributed by atoms with Crippen molar-refractivity contribution in [2.24, 2.45) is 0 Å². The van der Waals surface area contributed by atoms with Crippen molar-refractivity contribution >= 4 is 29.5 Å². The first-order valence-electron chi connectivity index (χ1n) is 2.95. The van der Waals surface area contributed by atoms with Crippen LogP contribution in [-0.2, 0) is 4.79 Å². The SMILES string of the molecule is O=CC(Cl)c1ccc(Cl)nc1. The second-order valence-electron chi connectivity index (χ2n) is 1.95. The van der Waals surface area contributed by atoms with Crippen molar-refractivity contribution in [3.8, 4) is 0 Å². The Balaban J connectivity index is 2.89. The number of alkyl halides is 1. The molecule has 4 heteroatoms. The Kier molecular flexibility index (Phi) is 2.85. The van der Waals surface area contributed by atoms with Crippen LogP contribution in [0.2, 0.25) is 5.15 Å². The molecule has 1 heterocycles. The summed E-state index contributed by atoms with van der Waals surface area (Å²) >= 11 is 11.1. The second kappa shape index (κ2) is 3.69. The Morgan fingerprint density at radius 1 is 1.55 bits per heavy atom. The molecule has 0 aliphatic heterocycles. The predicted octanol–water partition coefficient (Wildman–Crippen LogP) is 2.21. The zero-order valence-electron chi connectivity index (χ0n) is 5.50. The molecule has 0 saturated carbocycles. The summed E-state index contributed by atoms with van der Waals surface area (Å²) in [5.41, 5.74) is 0.658. The molecule has 1 rings (SSSR count). The van der Waals surface area contributed by atoms with Gasteiger partial charge in [-0.05, 0) is 11.6 Å². The summed E-state index contributed by atoms with van der Waals surface area (Å²) in [6.45, 7) is 0. The van der Waals surface area contributed by atoms with Crippen LogP contribution >= 0.6 is 23.2 Å². The minimum absolute atomic E-state index is 0.392. The standard InChI is InChI=1S/C7H5Cl2NO/c8-6(4-11)5-1-2-7(9)10-3-5/h1-4,6H. The zero-order chi connectivity index (χ0) is 8.27. The Morgan fingerprint density at radius 3 is 2.73 bits per heavy atom. The van der Waals surface area contributed by atoms with Crippen LogP contribution in [-0.4, -0.2) is 11.3 Å². The van der Waals surface area contributed by atoms with E-state index in [2.05, 4.69) is 4.98 Å². The molecule has 0 radical (unpaired) electrons. The summed E-state index contributed by atoms with van der Waals surface area (Å²) in [4.78, 5) is 14.0. The fourth-order valence-corrected chi connectivity index (χ4v) is 0.870. The number of pyridine rings is 1. The van der Waals surface area contributed by atoms with Crippen LogP contribution in [0.25, 0.3) is 0 Å².